The third-order valence-corrected chi connectivity index (χ3v) is 0.129. The molecule has 0 heterocycles. The minimum atomic E-state index is -4.89. The third kappa shape index (κ3) is 183. The number of aliphatic hydroxyl groups excluding tert-OH is 1. The van der Waals surface area contributed by atoms with E-state index in [4.69, 9.17) is 30.1 Å². The maximum atomic E-state index is 8.77. The van der Waals surface area contributed by atoms with Crippen molar-refractivity contribution >= 4 is 20.2 Å². The van der Waals surface area contributed by atoms with Gasteiger partial charge in [0.25, 0.3) is 7.82 Å². The van der Waals surface area contributed by atoms with E-state index in [0.717, 1.165) is 0 Å². The molecular formula is C2H10ClNNaO5P. The summed E-state index contributed by atoms with van der Waals surface area (Å²) in [5.41, 5.74) is 4.78. The predicted octanol–water partition coefficient (Wildman–Crippen LogP) is -5.20. The van der Waals surface area contributed by atoms with Gasteiger partial charge in [-0.25, -0.2) is 0 Å². The fourth-order valence-electron chi connectivity index (χ4n) is 0. The fraction of sp³-hybridized carbons (Fsp3) is 1.00. The maximum Gasteiger partial charge on any atom is 1.00 e. The molecule has 0 saturated carbocycles. The van der Waals surface area contributed by atoms with Gasteiger partial charge in [-0.15, -0.1) is 12.4 Å². The Morgan fingerprint density at radius 3 is 1.55 bits per heavy atom. The Morgan fingerprint density at radius 2 is 1.55 bits per heavy atom. The van der Waals surface area contributed by atoms with E-state index in [1.165, 1.54) is 0 Å². The molecule has 0 rings (SSSR count). The van der Waals surface area contributed by atoms with Crippen molar-refractivity contribution in [2.24, 2.45) is 5.73 Å². The van der Waals surface area contributed by atoms with Crippen molar-refractivity contribution in [3.8, 4) is 0 Å². The molecule has 0 amide bonds. The second kappa shape index (κ2) is 13.9. The number of aliphatic hydroxyl groups is 1. The fourth-order valence-corrected chi connectivity index (χ4v) is 0. The maximum absolute atomic E-state index is 8.77. The van der Waals surface area contributed by atoms with E-state index in [2.05, 4.69) is 0 Å². The van der Waals surface area contributed by atoms with Gasteiger partial charge in [0.15, 0.2) is 0 Å². The Balaban J connectivity index is -0.0000000383. The molecule has 0 aromatic carbocycles. The predicted molar refractivity (Wildman–Crippen MR) is 35.4 cm³/mol. The zero-order chi connectivity index (χ0) is 7.91. The molecule has 9 heteroatoms. The second-order valence-corrected chi connectivity index (χ2v) is 1.98. The summed E-state index contributed by atoms with van der Waals surface area (Å²) >= 11 is 0. The molecule has 6 nitrogen and oxygen atoms in total. The summed E-state index contributed by atoms with van der Waals surface area (Å²) in [4.78, 5) is 22.9. The summed E-state index contributed by atoms with van der Waals surface area (Å²) in [7, 11) is -4.89. The molecule has 0 saturated heterocycles. The van der Waals surface area contributed by atoms with Crippen LogP contribution in [-0.4, -0.2) is 28.0 Å². The van der Waals surface area contributed by atoms with Crippen LogP contribution in [0.4, 0.5) is 0 Å². The smallest absolute Gasteiger partial charge is 0.756 e. The normalized spacial score (nSPS) is 8.09. The number of hydrogen-bond acceptors (Lipinski definition) is 4. The van der Waals surface area contributed by atoms with Crippen LogP contribution >= 0.6 is 20.2 Å². The molecule has 0 spiro atoms. The molecule has 0 unspecified atom stereocenters. The minimum absolute atomic E-state index is 0. The zero-order valence-corrected chi connectivity index (χ0v) is 9.72. The summed E-state index contributed by atoms with van der Waals surface area (Å²) < 4.78 is 8.77. The van der Waals surface area contributed by atoms with Crippen molar-refractivity contribution < 1.29 is 53.9 Å². The van der Waals surface area contributed by atoms with Crippen molar-refractivity contribution in [2.45, 2.75) is 0 Å². The van der Waals surface area contributed by atoms with E-state index in [1.54, 1.807) is 0 Å². The molecule has 5 N–H and O–H groups in total. The van der Waals surface area contributed by atoms with Crippen LogP contribution in [0.2, 0.25) is 0 Å². The van der Waals surface area contributed by atoms with Crippen LogP contribution in [0, 0.1) is 0 Å². The number of phosphoric acid groups is 1. The van der Waals surface area contributed by atoms with Gasteiger partial charge in [0.05, 0.1) is 6.61 Å². The average Bonchev–Trinajstić information content (AvgIpc) is 1.61. The van der Waals surface area contributed by atoms with Gasteiger partial charge < -0.3 is 25.5 Å². The van der Waals surface area contributed by atoms with Crippen molar-refractivity contribution in [1.29, 1.82) is 0 Å². The first-order valence-electron chi connectivity index (χ1n) is 1.99. The van der Waals surface area contributed by atoms with E-state index in [1.807, 2.05) is 0 Å². The van der Waals surface area contributed by atoms with E-state index < -0.39 is 7.82 Å². The van der Waals surface area contributed by atoms with Crippen LogP contribution in [0.15, 0.2) is 0 Å². The summed E-state index contributed by atoms with van der Waals surface area (Å²) in [5, 5.41) is 7.75. The Hall–Kier alpha value is 1.32. The van der Waals surface area contributed by atoms with Crippen LogP contribution < -0.4 is 40.2 Å². The van der Waals surface area contributed by atoms with E-state index in [0.29, 0.717) is 6.54 Å². The molecule has 0 bridgehead atoms. The summed E-state index contributed by atoms with van der Waals surface area (Å²) in [6, 6.07) is 0. The molecule has 0 atom stereocenters. The molecule has 0 aromatic rings. The monoisotopic (exact) mass is 217 g/mol. The van der Waals surface area contributed by atoms with Crippen molar-refractivity contribution in [2.75, 3.05) is 13.2 Å². The van der Waals surface area contributed by atoms with E-state index >= 15 is 0 Å². The summed E-state index contributed by atoms with van der Waals surface area (Å²) in [6.45, 7) is 0.472. The largest absolute Gasteiger partial charge is 1.00 e. The third-order valence-electron chi connectivity index (χ3n) is 0.129. The standard InChI is InChI=1S/C2H7NO.ClH.Na.H3O4P/c3-1-2-4;;;1-5(2,3)4/h4H,1-3H2;1H;;(H3,1,2,3,4)/q;;+1;/p-1. The molecular weight excluding hydrogens is 207 g/mol. The second-order valence-electron chi connectivity index (χ2n) is 1.00. The van der Waals surface area contributed by atoms with Gasteiger partial charge in [0.1, 0.15) is 0 Å². The van der Waals surface area contributed by atoms with Gasteiger partial charge in [-0.1, -0.05) is 0 Å². The van der Waals surface area contributed by atoms with Gasteiger partial charge in [0.2, 0.25) is 0 Å². The Bertz CT molecular complexity index is 88.2. The van der Waals surface area contributed by atoms with Gasteiger partial charge in [-0.2, -0.15) is 0 Å². The van der Waals surface area contributed by atoms with Gasteiger partial charge in [-0.05, 0) is 0 Å². The van der Waals surface area contributed by atoms with Crippen LogP contribution in [0.25, 0.3) is 0 Å². The topological polar surface area (TPSA) is 127 Å². The SMILES string of the molecule is Cl.NCCO.O=P([O-])(O)O.[Na+]. The van der Waals surface area contributed by atoms with Crippen LogP contribution in [0.3, 0.4) is 0 Å². The van der Waals surface area contributed by atoms with E-state index in [9.17, 15) is 0 Å². The zero-order valence-electron chi connectivity index (χ0n) is 6.01. The average molecular weight is 218 g/mol. The van der Waals surface area contributed by atoms with Crippen LogP contribution in [0.5, 0.6) is 0 Å². The molecule has 66 valence electrons. The number of halogens is 1. The molecule has 0 radical (unpaired) electrons. The summed E-state index contributed by atoms with van der Waals surface area (Å²) in [5.74, 6) is 0. The number of nitrogens with two attached hydrogens (primary N) is 1. The molecule has 0 fully saturated rings. The Morgan fingerprint density at radius 1 is 1.45 bits per heavy atom. The van der Waals surface area contributed by atoms with Crippen molar-refractivity contribution in [1.82, 2.24) is 0 Å². The Kier molecular flexibility index (Phi) is 28.8. The molecule has 0 aromatic heterocycles. The molecule has 0 aliphatic carbocycles. The Labute approximate surface area is 92.7 Å². The number of hydrogen-bond donors (Lipinski definition) is 4. The number of rotatable bonds is 1. The molecule has 0 aliphatic heterocycles. The molecule has 11 heavy (non-hydrogen) atoms. The minimum Gasteiger partial charge on any atom is -0.756 e. The van der Waals surface area contributed by atoms with Crippen molar-refractivity contribution in [3.63, 3.8) is 0 Å². The first-order chi connectivity index (χ1) is 3.91. The van der Waals surface area contributed by atoms with Crippen LogP contribution in [-0.2, 0) is 4.57 Å². The van der Waals surface area contributed by atoms with Crippen LogP contribution in [0.1, 0.15) is 0 Å². The van der Waals surface area contributed by atoms with E-state index in [-0.39, 0.29) is 48.6 Å². The van der Waals surface area contributed by atoms with Gasteiger partial charge >= 0.3 is 29.6 Å². The molecule has 0 aliphatic rings. The first-order valence-corrected chi connectivity index (χ1v) is 3.52. The first kappa shape index (κ1) is 22.8. The quantitative estimate of drug-likeness (QED) is 0.257. The van der Waals surface area contributed by atoms with Crippen molar-refractivity contribution in [3.05, 3.63) is 0 Å². The van der Waals surface area contributed by atoms with Gasteiger partial charge in [0, 0.05) is 6.54 Å². The summed E-state index contributed by atoms with van der Waals surface area (Å²) in [6.07, 6.45) is 0. The van der Waals surface area contributed by atoms with Gasteiger partial charge in [-0.3, -0.25) is 4.57 Å².